The number of hydrogen-bond donors (Lipinski definition) is 1. The van der Waals surface area contributed by atoms with Gasteiger partial charge in [-0.05, 0) is 17.4 Å². The summed E-state index contributed by atoms with van der Waals surface area (Å²) >= 11 is 0. The number of hydrogen-bond acceptors (Lipinski definition) is 4. The molecule has 0 saturated carbocycles. The topological polar surface area (TPSA) is 82.0 Å². The highest BCUT2D eigenvalue weighted by Gasteiger charge is 2.43. The average Bonchev–Trinajstić information content (AvgIpc) is 3.22. The van der Waals surface area contributed by atoms with Gasteiger partial charge < -0.3 is 15.2 Å². The molecule has 0 bridgehead atoms. The normalized spacial score (nSPS) is 24.2. The Balaban J connectivity index is 0.00000196. The maximum absolute atomic E-state index is 13.0. The molecule has 8 heteroatoms. The van der Waals surface area contributed by atoms with Crippen LogP contribution < -0.4 is 5.73 Å². The van der Waals surface area contributed by atoms with E-state index in [1.165, 1.54) is 5.56 Å². The van der Waals surface area contributed by atoms with Crippen LogP contribution in [0.1, 0.15) is 48.1 Å². The molecule has 2 atom stereocenters. The van der Waals surface area contributed by atoms with Crippen LogP contribution in [0.5, 0.6) is 0 Å². The summed E-state index contributed by atoms with van der Waals surface area (Å²) in [6, 6.07) is 0.158. The van der Waals surface area contributed by atoms with Crippen molar-refractivity contribution in [3.05, 3.63) is 35.7 Å². The van der Waals surface area contributed by atoms with Gasteiger partial charge in [0, 0.05) is 57.5 Å². The second kappa shape index (κ2) is 6.70. The van der Waals surface area contributed by atoms with Crippen LogP contribution in [0.15, 0.2) is 18.6 Å². The number of carbonyl (C=O) groups excluding carboxylic acids is 1. The third-order valence-electron chi connectivity index (χ3n) is 5.61. The summed E-state index contributed by atoms with van der Waals surface area (Å²) in [5, 5.41) is 4.29. The van der Waals surface area contributed by atoms with Crippen LogP contribution in [0.3, 0.4) is 0 Å². The van der Waals surface area contributed by atoms with E-state index < -0.39 is 0 Å². The molecular formula is C18H27ClN6O. The molecule has 0 aromatic carbocycles. The second-order valence-corrected chi connectivity index (χ2v) is 8.17. The summed E-state index contributed by atoms with van der Waals surface area (Å²) in [5.74, 6) is 1.29. The van der Waals surface area contributed by atoms with Crippen molar-refractivity contribution < 1.29 is 4.79 Å². The van der Waals surface area contributed by atoms with Gasteiger partial charge in [0.2, 0.25) is 0 Å². The lowest BCUT2D eigenvalue weighted by Crippen LogP contribution is -2.31. The lowest BCUT2D eigenvalue weighted by molar-refractivity contribution is 0.0772. The van der Waals surface area contributed by atoms with Gasteiger partial charge in [0.25, 0.3) is 5.91 Å². The molecular weight excluding hydrogens is 352 g/mol. The van der Waals surface area contributed by atoms with Crippen LogP contribution in [-0.4, -0.2) is 49.3 Å². The van der Waals surface area contributed by atoms with E-state index in [9.17, 15) is 4.79 Å². The van der Waals surface area contributed by atoms with Gasteiger partial charge in [0.1, 0.15) is 11.5 Å². The Hall–Kier alpha value is -1.86. The fourth-order valence-corrected chi connectivity index (χ4v) is 4.20. The molecule has 1 saturated heterocycles. The van der Waals surface area contributed by atoms with Crippen LogP contribution in [0.2, 0.25) is 0 Å². The number of imidazole rings is 1. The third kappa shape index (κ3) is 3.25. The Morgan fingerprint density at radius 1 is 1.31 bits per heavy atom. The molecule has 2 aromatic heterocycles. The number of nitrogens with zero attached hydrogens (tertiary/aromatic N) is 5. The first-order valence-corrected chi connectivity index (χ1v) is 8.93. The second-order valence-electron chi connectivity index (χ2n) is 8.17. The summed E-state index contributed by atoms with van der Waals surface area (Å²) in [5.41, 5.74) is 7.78. The Labute approximate surface area is 160 Å². The molecule has 2 aliphatic rings. The first-order valence-electron chi connectivity index (χ1n) is 8.93. The van der Waals surface area contributed by atoms with Gasteiger partial charge in [-0.25, -0.2) is 4.98 Å². The Bertz CT molecular complexity index is 810. The number of fused-ring (bicyclic) bond motifs is 1. The molecule has 1 amide bonds. The fourth-order valence-electron chi connectivity index (χ4n) is 4.20. The predicted octanol–water partition coefficient (Wildman–Crippen LogP) is 1.58. The van der Waals surface area contributed by atoms with Crippen LogP contribution in [0.4, 0.5) is 0 Å². The van der Waals surface area contributed by atoms with Crippen molar-refractivity contribution in [1.82, 2.24) is 24.2 Å². The Morgan fingerprint density at radius 3 is 2.77 bits per heavy atom. The zero-order chi connectivity index (χ0) is 17.8. The highest BCUT2D eigenvalue weighted by molar-refractivity contribution is 5.92. The smallest absolute Gasteiger partial charge is 0.274 e. The minimum Gasteiger partial charge on any atom is -0.336 e. The zero-order valence-corrected chi connectivity index (χ0v) is 16.4. The summed E-state index contributed by atoms with van der Waals surface area (Å²) in [6.07, 6.45) is 7.62. The van der Waals surface area contributed by atoms with Crippen LogP contribution >= 0.6 is 12.4 Å². The van der Waals surface area contributed by atoms with E-state index in [1.807, 2.05) is 33.6 Å². The summed E-state index contributed by atoms with van der Waals surface area (Å²) < 4.78 is 3.86. The lowest BCUT2D eigenvalue weighted by Gasteiger charge is -2.24. The number of nitrogens with two attached hydrogens (primary N) is 1. The fraction of sp³-hybridized carbons (Fsp3) is 0.611. The van der Waals surface area contributed by atoms with E-state index in [0.717, 1.165) is 31.8 Å². The van der Waals surface area contributed by atoms with Gasteiger partial charge in [-0.3, -0.25) is 9.48 Å². The van der Waals surface area contributed by atoms with Gasteiger partial charge in [0.05, 0.1) is 6.20 Å². The van der Waals surface area contributed by atoms with Gasteiger partial charge in [0.15, 0.2) is 0 Å². The largest absolute Gasteiger partial charge is 0.336 e. The quantitative estimate of drug-likeness (QED) is 0.860. The monoisotopic (exact) mass is 378 g/mol. The maximum atomic E-state index is 13.0. The van der Waals surface area contributed by atoms with Crippen molar-refractivity contribution in [2.75, 3.05) is 13.1 Å². The van der Waals surface area contributed by atoms with Crippen molar-refractivity contribution >= 4 is 18.3 Å². The van der Waals surface area contributed by atoms with E-state index in [0.29, 0.717) is 12.2 Å². The number of amides is 1. The van der Waals surface area contributed by atoms with Crippen molar-refractivity contribution in [2.45, 2.75) is 45.2 Å². The maximum Gasteiger partial charge on any atom is 0.274 e. The highest BCUT2D eigenvalue weighted by Crippen LogP contribution is 2.42. The molecule has 0 aliphatic carbocycles. The van der Waals surface area contributed by atoms with Crippen LogP contribution in [0, 0.1) is 5.41 Å². The van der Waals surface area contributed by atoms with Gasteiger partial charge >= 0.3 is 0 Å². The van der Waals surface area contributed by atoms with Gasteiger partial charge in [-0.2, -0.15) is 5.10 Å². The minimum absolute atomic E-state index is 0. The van der Waals surface area contributed by atoms with E-state index >= 15 is 0 Å². The number of likely N-dealkylation sites (tertiary alicyclic amines) is 1. The zero-order valence-electron chi connectivity index (χ0n) is 15.6. The average molecular weight is 379 g/mol. The van der Waals surface area contributed by atoms with Crippen molar-refractivity contribution in [1.29, 1.82) is 0 Å². The molecule has 0 spiro atoms. The SMILES string of the molecule is Cl.Cn1cc(C2CN(C(=O)c3cn4c(n3)CCC(N)C4)CC2(C)C)cn1. The van der Waals surface area contributed by atoms with Crippen molar-refractivity contribution in [3.8, 4) is 0 Å². The molecule has 0 radical (unpaired) electrons. The van der Waals surface area contributed by atoms with E-state index in [-0.39, 0.29) is 35.7 Å². The first-order chi connectivity index (χ1) is 11.8. The molecule has 2 N–H and O–H groups in total. The molecule has 4 rings (SSSR count). The third-order valence-corrected chi connectivity index (χ3v) is 5.61. The molecule has 26 heavy (non-hydrogen) atoms. The molecule has 2 unspecified atom stereocenters. The number of rotatable bonds is 2. The van der Waals surface area contributed by atoms with Crippen molar-refractivity contribution in [3.63, 3.8) is 0 Å². The van der Waals surface area contributed by atoms with Crippen molar-refractivity contribution in [2.24, 2.45) is 18.2 Å². The molecule has 2 aromatic rings. The molecule has 142 valence electrons. The van der Waals surface area contributed by atoms with E-state index in [2.05, 4.69) is 30.1 Å². The lowest BCUT2D eigenvalue weighted by atomic mass is 9.79. The summed E-state index contributed by atoms with van der Waals surface area (Å²) in [7, 11) is 1.93. The summed E-state index contributed by atoms with van der Waals surface area (Å²) in [4.78, 5) is 19.5. The van der Waals surface area contributed by atoms with E-state index in [1.54, 1.807) is 0 Å². The van der Waals surface area contributed by atoms with Gasteiger partial charge in [-0.1, -0.05) is 13.8 Å². The number of aromatic nitrogens is 4. The molecule has 1 fully saturated rings. The van der Waals surface area contributed by atoms with E-state index in [4.69, 9.17) is 5.73 Å². The minimum atomic E-state index is 0. The predicted molar refractivity (Wildman–Crippen MR) is 101 cm³/mol. The number of halogens is 1. The summed E-state index contributed by atoms with van der Waals surface area (Å²) in [6.45, 7) is 6.62. The van der Waals surface area contributed by atoms with Crippen LogP contribution in [-0.2, 0) is 20.0 Å². The Kier molecular flexibility index (Phi) is 4.88. The number of aryl methyl sites for hydroxylation is 2. The molecule has 4 heterocycles. The first kappa shape index (κ1) is 18.9. The van der Waals surface area contributed by atoms with Crippen LogP contribution in [0.25, 0.3) is 0 Å². The molecule has 7 nitrogen and oxygen atoms in total. The standard InChI is InChI=1S/C18H26N6O.ClH/c1-18(2)11-24(9-14(18)12-6-20-22(3)7-12)17(25)15-10-23-8-13(19)4-5-16(23)21-15;/h6-7,10,13-14H,4-5,8-9,11,19H2,1-3H3;1H. The highest BCUT2D eigenvalue weighted by atomic mass is 35.5. The Morgan fingerprint density at radius 2 is 2.08 bits per heavy atom. The molecule has 2 aliphatic heterocycles. The number of carbonyl (C=O) groups is 1. The van der Waals surface area contributed by atoms with Gasteiger partial charge in [-0.15, -0.1) is 12.4 Å².